The van der Waals surface area contributed by atoms with Gasteiger partial charge in [-0.15, -0.1) is 24.0 Å². The van der Waals surface area contributed by atoms with Crippen LogP contribution in [0.25, 0.3) is 0 Å². The van der Waals surface area contributed by atoms with Crippen molar-refractivity contribution in [3.63, 3.8) is 0 Å². The molecule has 1 heterocycles. The molecule has 1 aromatic heterocycles. The maximum atomic E-state index is 12.0. The first-order valence-corrected chi connectivity index (χ1v) is 6.40. The highest BCUT2D eigenvalue weighted by atomic mass is 35.5. The topological polar surface area (TPSA) is 54.9 Å². The lowest BCUT2D eigenvalue weighted by atomic mass is 10.1. The van der Waals surface area contributed by atoms with E-state index in [1.165, 1.54) is 0 Å². The number of hydrogen-bond acceptors (Lipinski definition) is 3. The van der Waals surface area contributed by atoms with Gasteiger partial charge in [0.1, 0.15) is 0 Å². The average molecular weight is 312 g/mol. The fraction of sp³-hybridized carbons (Fsp3) is 0.214. The van der Waals surface area contributed by atoms with E-state index in [0.717, 1.165) is 17.0 Å². The van der Waals surface area contributed by atoms with Gasteiger partial charge in [-0.3, -0.25) is 10.1 Å². The van der Waals surface area contributed by atoms with Gasteiger partial charge in [-0.25, -0.2) is 9.97 Å². The van der Waals surface area contributed by atoms with E-state index in [4.69, 9.17) is 11.6 Å². The molecule has 1 N–H and O–H groups in total. The SMILES string of the molecule is Cc1cc(C)nc(NC(=O)c2ccc(CCl)cc2)n1.Cl. The number of aryl methyl sites for hydroxylation is 2. The average Bonchev–Trinajstić information content (AvgIpc) is 2.37. The van der Waals surface area contributed by atoms with Crippen molar-refractivity contribution in [2.75, 3.05) is 5.32 Å². The number of carbonyl (C=O) groups is 1. The zero-order valence-electron chi connectivity index (χ0n) is 11.2. The van der Waals surface area contributed by atoms with Crippen LogP contribution in [0.15, 0.2) is 30.3 Å². The standard InChI is InChI=1S/C14H14ClN3O.ClH/c1-9-7-10(2)17-14(16-9)18-13(19)12-5-3-11(8-15)4-6-12;/h3-7H,8H2,1-2H3,(H,16,17,18,19);1H. The number of nitrogens with zero attached hydrogens (tertiary/aromatic N) is 2. The lowest BCUT2D eigenvalue weighted by molar-refractivity contribution is 0.102. The second-order valence-corrected chi connectivity index (χ2v) is 4.53. The maximum Gasteiger partial charge on any atom is 0.258 e. The number of carbonyl (C=O) groups excluding carboxylic acids is 1. The molecule has 2 rings (SSSR count). The van der Waals surface area contributed by atoms with Crippen molar-refractivity contribution in [3.05, 3.63) is 52.8 Å². The molecule has 2 aromatic rings. The minimum absolute atomic E-state index is 0. The Morgan fingerprint density at radius 2 is 1.70 bits per heavy atom. The van der Waals surface area contributed by atoms with Crippen LogP contribution < -0.4 is 5.32 Å². The van der Waals surface area contributed by atoms with Crippen molar-refractivity contribution in [1.82, 2.24) is 9.97 Å². The monoisotopic (exact) mass is 311 g/mol. The molecule has 0 bridgehead atoms. The van der Waals surface area contributed by atoms with Crippen molar-refractivity contribution in [2.24, 2.45) is 0 Å². The number of amides is 1. The van der Waals surface area contributed by atoms with E-state index in [9.17, 15) is 4.79 Å². The zero-order chi connectivity index (χ0) is 13.8. The quantitative estimate of drug-likeness (QED) is 0.883. The van der Waals surface area contributed by atoms with Crippen LogP contribution in [0.2, 0.25) is 0 Å². The van der Waals surface area contributed by atoms with E-state index < -0.39 is 0 Å². The van der Waals surface area contributed by atoms with E-state index in [1.54, 1.807) is 12.1 Å². The van der Waals surface area contributed by atoms with Gasteiger partial charge in [0.05, 0.1) is 0 Å². The van der Waals surface area contributed by atoms with Crippen molar-refractivity contribution in [3.8, 4) is 0 Å². The molecule has 0 unspecified atom stereocenters. The molecule has 6 heteroatoms. The highest BCUT2D eigenvalue weighted by Crippen LogP contribution is 2.09. The zero-order valence-corrected chi connectivity index (χ0v) is 12.8. The normalized spacial score (nSPS) is 9.75. The molecule has 0 aliphatic heterocycles. The summed E-state index contributed by atoms with van der Waals surface area (Å²) < 4.78 is 0. The van der Waals surface area contributed by atoms with E-state index >= 15 is 0 Å². The van der Waals surface area contributed by atoms with Crippen LogP contribution in [-0.2, 0) is 5.88 Å². The van der Waals surface area contributed by atoms with Gasteiger partial charge < -0.3 is 0 Å². The third-order valence-electron chi connectivity index (χ3n) is 2.58. The molecule has 20 heavy (non-hydrogen) atoms. The summed E-state index contributed by atoms with van der Waals surface area (Å²) in [5, 5.41) is 2.68. The largest absolute Gasteiger partial charge is 0.290 e. The molecule has 0 aliphatic rings. The number of benzene rings is 1. The summed E-state index contributed by atoms with van der Waals surface area (Å²) in [6.07, 6.45) is 0. The summed E-state index contributed by atoms with van der Waals surface area (Å²) in [7, 11) is 0. The summed E-state index contributed by atoms with van der Waals surface area (Å²) in [5.41, 5.74) is 3.16. The van der Waals surface area contributed by atoms with E-state index in [1.807, 2.05) is 32.0 Å². The van der Waals surface area contributed by atoms with Crippen LogP contribution in [0, 0.1) is 13.8 Å². The fourth-order valence-electron chi connectivity index (χ4n) is 1.70. The van der Waals surface area contributed by atoms with Gasteiger partial charge >= 0.3 is 0 Å². The molecule has 0 spiro atoms. The van der Waals surface area contributed by atoms with Crippen LogP contribution in [0.3, 0.4) is 0 Å². The van der Waals surface area contributed by atoms with Gasteiger partial charge in [0.25, 0.3) is 5.91 Å². The van der Waals surface area contributed by atoms with Crippen LogP contribution in [0.5, 0.6) is 0 Å². The van der Waals surface area contributed by atoms with Crippen LogP contribution >= 0.6 is 24.0 Å². The number of rotatable bonds is 3. The van der Waals surface area contributed by atoms with Gasteiger partial charge in [0.15, 0.2) is 0 Å². The van der Waals surface area contributed by atoms with E-state index in [0.29, 0.717) is 17.4 Å². The van der Waals surface area contributed by atoms with Crippen molar-refractivity contribution in [1.29, 1.82) is 0 Å². The van der Waals surface area contributed by atoms with Gasteiger partial charge in [0.2, 0.25) is 5.95 Å². The number of aromatic nitrogens is 2. The predicted molar refractivity (Wildman–Crippen MR) is 82.7 cm³/mol. The van der Waals surface area contributed by atoms with Crippen LogP contribution in [-0.4, -0.2) is 15.9 Å². The Morgan fingerprint density at radius 3 is 2.20 bits per heavy atom. The van der Waals surface area contributed by atoms with Crippen molar-refractivity contribution >= 4 is 35.9 Å². The first-order chi connectivity index (χ1) is 9.08. The molecule has 0 saturated carbocycles. The molecule has 0 fully saturated rings. The summed E-state index contributed by atoms with van der Waals surface area (Å²) in [6, 6.07) is 8.96. The van der Waals surface area contributed by atoms with Gasteiger partial charge in [-0.1, -0.05) is 12.1 Å². The second kappa shape index (κ2) is 7.22. The summed E-state index contributed by atoms with van der Waals surface area (Å²) in [4.78, 5) is 20.4. The van der Waals surface area contributed by atoms with E-state index in [-0.39, 0.29) is 18.3 Å². The Morgan fingerprint density at radius 1 is 1.15 bits per heavy atom. The van der Waals surface area contributed by atoms with Crippen LogP contribution in [0.1, 0.15) is 27.3 Å². The Balaban J connectivity index is 0.00000200. The lowest BCUT2D eigenvalue weighted by Crippen LogP contribution is -2.14. The first-order valence-electron chi connectivity index (χ1n) is 5.87. The highest BCUT2D eigenvalue weighted by molar-refractivity contribution is 6.17. The molecule has 4 nitrogen and oxygen atoms in total. The van der Waals surface area contributed by atoms with Gasteiger partial charge in [0, 0.05) is 22.8 Å². The van der Waals surface area contributed by atoms with Gasteiger partial charge in [-0.05, 0) is 37.6 Å². The number of hydrogen-bond donors (Lipinski definition) is 1. The third kappa shape index (κ3) is 4.18. The molecular formula is C14H15Cl2N3O. The summed E-state index contributed by atoms with van der Waals surface area (Å²) in [6.45, 7) is 3.72. The molecule has 1 aromatic carbocycles. The molecule has 1 amide bonds. The second-order valence-electron chi connectivity index (χ2n) is 4.26. The van der Waals surface area contributed by atoms with Crippen LogP contribution in [0.4, 0.5) is 5.95 Å². The van der Waals surface area contributed by atoms with Gasteiger partial charge in [-0.2, -0.15) is 0 Å². The molecule has 0 aliphatic carbocycles. The summed E-state index contributed by atoms with van der Waals surface area (Å²) >= 11 is 5.70. The maximum absolute atomic E-state index is 12.0. The number of nitrogens with one attached hydrogen (secondary N) is 1. The highest BCUT2D eigenvalue weighted by Gasteiger charge is 2.08. The predicted octanol–water partition coefficient (Wildman–Crippen LogP) is 3.51. The number of halogens is 2. The number of anilines is 1. The lowest BCUT2D eigenvalue weighted by Gasteiger charge is -2.06. The fourth-order valence-corrected chi connectivity index (χ4v) is 1.88. The summed E-state index contributed by atoms with van der Waals surface area (Å²) in [5.74, 6) is 0.525. The van der Waals surface area contributed by atoms with Crippen molar-refractivity contribution < 1.29 is 4.79 Å². The Kier molecular flexibility index (Phi) is 5.92. The third-order valence-corrected chi connectivity index (χ3v) is 2.89. The van der Waals surface area contributed by atoms with E-state index in [2.05, 4.69) is 15.3 Å². The molecule has 0 atom stereocenters. The Labute approximate surface area is 129 Å². The molecular weight excluding hydrogens is 297 g/mol. The smallest absolute Gasteiger partial charge is 0.258 e. The first kappa shape index (κ1) is 16.4. The Bertz CT molecular complexity index is 580. The number of alkyl halides is 1. The minimum Gasteiger partial charge on any atom is -0.290 e. The van der Waals surface area contributed by atoms with Crippen molar-refractivity contribution in [2.45, 2.75) is 19.7 Å². The molecule has 0 saturated heterocycles. The molecule has 0 radical (unpaired) electrons. The minimum atomic E-state index is -0.230. The Hall–Kier alpha value is -1.65. The molecule has 106 valence electrons.